The first-order valence-corrected chi connectivity index (χ1v) is 8.83. The number of thiocarbonyl (C=S) groups is 1. The number of nitrogens with one attached hydrogen (secondary N) is 2. The highest BCUT2D eigenvalue weighted by atomic mass is 32.1. The van der Waals surface area contributed by atoms with Crippen molar-refractivity contribution in [1.29, 1.82) is 0 Å². The molecule has 0 heterocycles. The summed E-state index contributed by atoms with van der Waals surface area (Å²) in [6.45, 7) is 1.97. The van der Waals surface area contributed by atoms with Crippen LogP contribution in [0.4, 0.5) is 5.69 Å². The van der Waals surface area contributed by atoms with Gasteiger partial charge in [0.15, 0.2) is 5.11 Å². The predicted octanol–water partition coefficient (Wildman–Crippen LogP) is 4.15. The lowest BCUT2D eigenvalue weighted by Gasteiger charge is -2.27. The second-order valence-corrected chi connectivity index (χ2v) is 6.67. The van der Waals surface area contributed by atoms with Gasteiger partial charge in [0.2, 0.25) is 0 Å². The number of hydrogen-bond acceptors (Lipinski definition) is 3. The molecule has 25 heavy (non-hydrogen) atoms. The fraction of sp³-hybridized carbons (Fsp3) is 0.300. The third-order valence-corrected chi connectivity index (χ3v) is 4.80. The molecule has 0 unspecified atom stereocenters. The molecule has 2 aromatic rings. The van der Waals surface area contributed by atoms with Gasteiger partial charge in [0.05, 0.1) is 18.7 Å². The van der Waals surface area contributed by atoms with Gasteiger partial charge >= 0.3 is 5.97 Å². The lowest BCUT2D eigenvalue weighted by molar-refractivity contribution is 0.0601. The van der Waals surface area contributed by atoms with Gasteiger partial charge in [-0.05, 0) is 67.2 Å². The number of aryl methyl sites for hydroxylation is 2. The molecule has 0 fully saturated rings. The number of anilines is 1. The van der Waals surface area contributed by atoms with Crippen molar-refractivity contribution in [2.24, 2.45) is 0 Å². The molecular weight excluding hydrogens is 332 g/mol. The van der Waals surface area contributed by atoms with Crippen LogP contribution in [0.2, 0.25) is 0 Å². The summed E-state index contributed by atoms with van der Waals surface area (Å²) in [4.78, 5) is 11.7. The maximum Gasteiger partial charge on any atom is 0.337 e. The van der Waals surface area contributed by atoms with Crippen LogP contribution in [0.1, 0.15) is 45.9 Å². The number of methoxy groups -OCH3 is 1. The molecule has 0 aromatic heterocycles. The lowest BCUT2D eigenvalue weighted by Crippen LogP contribution is -2.34. The van der Waals surface area contributed by atoms with E-state index in [0.717, 1.165) is 30.5 Å². The van der Waals surface area contributed by atoms with Crippen LogP contribution in [-0.2, 0) is 11.2 Å². The molecule has 0 radical (unpaired) electrons. The van der Waals surface area contributed by atoms with Crippen LogP contribution in [0.15, 0.2) is 42.5 Å². The highest BCUT2D eigenvalue weighted by Gasteiger charge is 2.20. The zero-order valence-electron chi connectivity index (χ0n) is 14.5. The Hall–Kier alpha value is -2.40. The van der Waals surface area contributed by atoms with Gasteiger partial charge in [-0.25, -0.2) is 4.79 Å². The number of rotatable bonds is 3. The Morgan fingerprint density at radius 2 is 2.04 bits per heavy atom. The van der Waals surface area contributed by atoms with Crippen molar-refractivity contribution in [2.45, 2.75) is 32.2 Å². The summed E-state index contributed by atoms with van der Waals surface area (Å²) >= 11 is 5.50. The van der Waals surface area contributed by atoms with Gasteiger partial charge in [-0.1, -0.05) is 30.3 Å². The van der Waals surface area contributed by atoms with E-state index in [1.807, 2.05) is 13.0 Å². The number of esters is 1. The highest BCUT2D eigenvalue weighted by Crippen LogP contribution is 2.29. The molecule has 0 bridgehead atoms. The average molecular weight is 354 g/mol. The molecule has 1 atom stereocenters. The molecule has 0 spiro atoms. The van der Waals surface area contributed by atoms with Gasteiger partial charge in [0.25, 0.3) is 0 Å². The summed E-state index contributed by atoms with van der Waals surface area (Å²) in [5.74, 6) is -0.358. The maximum absolute atomic E-state index is 11.7. The summed E-state index contributed by atoms with van der Waals surface area (Å²) in [5.41, 5.74) is 5.03. The molecule has 1 aliphatic rings. The predicted molar refractivity (Wildman–Crippen MR) is 104 cm³/mol. The third kappa shape index (κ3) is 3.99. The van der Waals surface area contributed by atoms with Crippen LogP contribution in [-0.4, -0.2) is 18.2 Å². The number of carbonyl (C=O) groups excluding carboxylic acids is 1. The maximum atomic E-state index is 11.7. The van der Waals surface area contributed by atoms with E-state index in [9.17, 15) is 4.79 Å². The number of fused-ring (bicyclic) bond motifs is 1. The standard InChI is InChI=1S/C20H22N2O2S/c1-13-10-11-15(19(23)24-2)12-18(13)22-20(25)21-17-9-5-7-14-6-3-4-8-16(14)17/h3-4,6,8,10-12,17H,5,7,9H2,1-2H3,(H2,21,22,25)/t17-/m1/s1. The largest absolute Gasteiger partial charge is 0.465 e. The molecule has 2 aromatic carbocycles. The van der Waals surface area contributed by atoms with Gasteiger partial charge < -0.3 is 15.4 Å². The molecule has 0 aliphatic heterocycles. The molecule has 2 N–H and O–H groups in total. The van der Waals surface area contributed by atoms with Crippen LogP contribution in [0, 0.1) is 6.92 Å². The molecule has 3 rings (SSSR count). The first kappa shape index (κ1) is 17.4. The van der Waals surface area contributed by atoms with Crippen LogP contribution < -0.4 is 10.6 Å². The van der Waals surface area contributed by atoms with E-state index in [1.165, 1.54) is 18.2 Å². The number of hydrogen-bond donors (Lipinski definition) is 2. The van der Waals surface area contributed by atoms with Crippen molar-refractivity contribution in [1.82, 2.24) is 5.32 Å². The molecule has 0 amide bonds. The normalized spacial score (nSPS) is 15.8. The monoisotopic (exact) mass is 354 g/mol. The van der Waals surface area contributed by atoms with E-state index in [2.05, 4.69) is 34.9 Å². The summed E-state index contributed by atoms with van der Waals surface area (Å²) in [6.07, 6.45) is 3.32. The molecule has 1 aliphatic carbocycles. The SMILES string of the molecule is COC(=O)c1ccc(C)c(NC(=S)N[C@@H]2CCCc3ccccc32)c1. The minimum Gasteiger partial charge on any atom is -0.465 e. The first-order valence-electron chi connectivity index (χ1n) is 8.43. The second-order valence-electron chi connectivity index (χ2n) is 6.26. The van der Waals surface area contributed by atoms with Crippen molar-refractivity contribution in [3.05, 3.63) is 64.7 Å². The van der Waals surface area contributed by atoms with Crippen molar-refractivity contribution in [3.8, 4) is 0 Å². The fourth-order valence-corrected chi connectivity index (χ4v) is 3.47. The minimum absolute atomic E-state index is 0.217. The summed E-state index contributed by atoms with van der Waals surface area (Å²) in [5, 5.41) is 7.20. The lowest BCUT2D eigenvalue weighted by atomic mass is 9.88. The third-order valence-electron chi connectivity index (χ3n) is 4.58. The van der Waals surface area contributed by atoms with Crippen molar-refractivity contribution >= 4 is 29.0 Å². The quantitative estimate of drug-likeness (QED) is 0.641. The van der Waals surface area contributed by atoms with Gasteiger partial charge in [0.1, 0.15) is 0 Å². The van der Waals surface area contributed by atoms with Gasteiger partial charge in [-0.15, -0.1) is 0 Å². The Morgan fingerprint density at radius 1 is 1.24 bits per heavy atom. The van der Waals surface area contributed by atoms with E-state index in [1.54, 1.807) is 12.1 Å². The van der Waals surface area contributed by atoms with Gasteiger partial charge in [0, 0.05) is 5.69 Å². The Bertz CT molecular complexity index is 804. The Labute approximate surface area is 153 Å². The fourth-order valence-electron chi connectivity index (χ4n) is 3.22. The van der Waals surface area contributed by atoms with Crippen LogP contribution in [0.25, 0.3) is 0 Å². The van der Waals surface area contributed by atoms with Crippen LogP contribution in [0.3, 0.4) is 0 Å². The molecule has 4 nitrogen and oxygen atoms in total. The smallest absolute Gasteiger partial charge is 0.337 e. The van der Waals surface area contributed by atoms with Gasteiger partial charge in [-0.2, -0.15) is 0 Å². The zero-order chi connectivity index (χ0) is 17.8. The summed E-state index contributed by atoms with van der Waals surface area (Å²) in [7, 11) is 1.38. The van der Waals surface area contributed by atoms with Crippen LogP contribution in [0.5, 0.6) is 0 Å². The topological polar surface area (TPSA) is 50.4 Å². The Morgan fingerprint density at radius 3 is 2.84 bits per heavy atom. The summed E-state index contributed by atoms with van der Waals surface area (Å²) in [6, 6.07) is 14.1. The first-order chi connectivity index (χ1) is 12.1. The summed E-state index contributed by atoms with van der Waals surface area (Å²) < 4.78 is 4.78. The van der Waals surface area contributed by atoms with Crippen LogP contribution >= 0.6 is 12.2 Å². The highest BCUT2D eigenvalue weighted by molar-refractivity contribution is 7.80. The Kier molecular flexibility index (Phi) is 5.34. The minimum atomic E-state index is -0.358. The Balaban J connectivity index is 1.73. The number of benzene rings is 2. The van der Waals surface area contributed by atoms with Crippen molar-refractivity contribution in [2.75, 3.05) is 12.4 Å². The molecule has 5 heteroatoms. The molecule has 0 saturated heterocycles. The average Bonchev–Trinajstić information content (AvgIpc) is 2.63. The zero-order valence-corrected chi connectivity index (χ0v) is 15.3. The van der Waals surface area contributed by atoms with Gasteiger partial charge in [-0.3, -0.25) is 0 Å². The van der Waals surface area contributed by atoms with E-state index in [4.69, 9.17) is 17.0 Å². The molecule has 130 valence electrons. The van der Waals surface area contributed by atoms with Crippen molar-refractivity contribution in [3.63, 3.8) is 0 Å². The molecular formula is C20H22N2O2S. The number of ether oxygens (including phenoxy) is 1. The van der Waals surface area contributed by atoms with E-state index >= 15 is 0 Å². The van der Waals surface area contributed by atoms with E-state index in [-0.39, 0.29) is 12.0 Å². The van der Waals surface area contributed by atoms with E-state index < -0.39 is 0 Å². The number of carbonyl (C=O) groups is 1. The van der Waals surface area contributed by atoms with E-state index in [0.29, 0.717) is 10.7 Å². The van der Waals surface area contributed by atoms with Crippen molar-refractivity contribution < 1.29 is 9.53 Å². The molecule has 0 saturated carbocycles. The second kappa shape index (κ2) is 7.66.